The molecule has 0 radical (unpaired) electrons. The first-order valence-electron chi connectivity index (χ1n) is 10.9. The molecule has 0 aliphatic rings. The summed E-state index contributed by atoms with van der Waals surface area (Å²) in [4.78, 5) is -0.178. The molecule has 0 saturated heterocycles. The van der Waals surface area contributed by atoms with E-state index in [2.05, 4.69) is 61.1 Å². The van der Waals surface area contributed by atoms with Gasteiger partial charge in [0.25, 0.3) is 5.52 Å². The molecule has 2 heterocycles. The van der Waals surface area contributed by atoms with Gasteiger partial charge in [-0.3, -0.25) is 0 Å². The lowest BCUT2D eigenvalue weighted by Crippen LogP contribution is -2.33. The fourth-order valence-corrected chi connectivity index (χ4v) is 4.32. The summed E-state index contributed by atoms with van der Waals surface area (Å²) in [6, 6.07) is 16.2. The van der Waals surface area contributed by atoms with Crippen LogP contribution in [-0.2, 0) is 23.2 Å². The smallest absolute Gasteiger partial charge is 0.374 e. The van der Waals surface area contributed by atoms with E-state index in [4.69, 9.17) is 4.42 Å². The van der Waals surface area contributed by atoms with Crippen molar-refractivity contribution in [1.82, 2.24) is 4.57 Å². The van der Waals surface area contributed by atoms with E-state index < -0.39 is 10.1 Å². The minimum atomic E-state index is -4.27. The fourth-order valence-electron chi connectivity index (χ4n) is 3.85. The van der Waals surface area contributed by atoms with E-state index in [-0.39, 0.29) is 4.90 Å². The number of hydrogen-bond donors (Lipinski definition) is 0. The Hall–Kier alpha value is -3.16. The summed E-state index contributed by atoms with van der Waals surface area (Å²) in [6.45, 7) is 12.4. The van der Waals surface area contributed by atoms with Gasteiger partial charge in [-0.15, -0.1) is 0 Å². The van der Waals surface area contributed by atoms with Gasteiger partial charge in [-0.25, -0.2) is 8.42 Å². The maximum atomic E-state index is 10.4. The molecule has 174 valence electrons. The van der Waals surface area contributed by atoms with Crippen LogP contribution in [0.4, 0.5) is 0 Å². The summed E-state index contributed by atoms with van der Waals surface area (Å²) in [5, 5.41) is 0. The maximum absolute atomic E-state index is 10.4. The molecule has 0 atom stereocenters. The second-order valence-corrected chi connectivity index (χ2v) is 9.20. The van der Waals surface area contributed by atoms with Crippen LogP contribution >= 0.6 is 0 Å². The molecule has 0 unspecified atom stereocenters. The zero-order valence-corrected chi connectivity index (χ0v) is 20.5. The highest BCUT2D eigenvalue weighted by Gasteiger charge is 2.18. The lowest BCUT2D eigenvalue weighted by Gasteiger charge is -2.05. The maximum Gasteiger partial charge on any atom is 0.374 e. The van der Waals surface area contributed by atoms with Gasteiger partial charge >= 0.3 is 5.89 Å². The third-order valence-corrected chi connectivity index (χ3v) is 6.45. The lowest BCUT2D eigenvalue weighted by molar-refractivity contribution is -0.674. The fraction of sp³-hybridized carbons (Fsp3) is 0.269. The van der Waals surface area contributed by atoms with Crippen molar-refractivity contribution in [3.05, 3.63) is 83.0 Å². The first-order valence-corrected chi connectivity index (χ1v) is 12.3. The molecular weight excluding hydrogens is 436 g/mol. The monoisotopic (exact) mass is 466 g/mol. The van der Waals surface area contributed by atoms with Gasteiger partial charge in [0, 0.05) is 24.0 Å². The first-order chi connectivity index (χ1) is 15.7. The molecule has 2 aromatic carbocycles. The van der Waals surface area contributed by atoms with E-state index in [0.29, 0.717) is 0 Å². The average Bonchev–Trinajstić information content (AvgIpc) is 3.27. The molecule has 0 aliphatic heterocycles. The number of nitrogens with zero attached hydrogens (tertiary/aromatic N) is 2. The van der Waals surface area contributed by atoms with Crippen molar-refractivity contribution in [3.63, 3.8) is 0 Å². The Morgan fingerprint density at radius 2 is 1.67 bits per heavy atom. The molecule has 0 spiro atoms. The number of fused-ring (bicyclic) bond motifs is 1. The van der Waals surface area contributed by atoms with E-state index >= 15 is 0 Å². The third kappa shape index (κ3) is 5.61. The van der Waals surface area contributed by atoms with Crippen molar-refractivity contribution in [2.45, 2.75) is 52.6 Å². The van der Waals surface area contributed by atoms with E-state index in [9.17, 15) is 13.0 Å². The van der Waals surface area contributed by atoms with Crippen LogP contribution in [0.1, 0.15) is 42.3 Å². The van der Waals surface area contributed by atoms with E-state index in [1.165, 1.54) is 29.1 Å². The zero-order chi connectivity index (χ0) is 24.2. The molecule has 4 rings (SSSR count). The molecule has 7 heteroatoms. The Morgan fingerprint density at radius 1 is 1.00 bits per heavy atom. The van der Waals surface area contributed by atoms with Gasteiger partial charge in [0.05, 0.1) is 11.0 Å². The van der Waals surface area contributed by atoms with Crippen LogP contribution in [0.2, 0.25) is 0 Å². The van der Waals surface area contributed by atoms with Gasteiger partial charge in [-0.2, -0.15) is 4.57 Å². The number of oxazole rings is 1. The largest absolute Gasteiger partial charge is 0.744 e. The summed E-state index contributed by atoms with van der Waals surface area (Å²) in [7, 11) is -4.27. The highest BCUT2D eigenvalue weighted by atomic mass is 32.2. The predicted molar refractivity (Wildman–Crippen MR) is 130 cm³/mol. The van der Waals surface area contributed by atoms with Crippen molar-refractivity contribution in [3.8, 4) is 0 Å². The molecule has 0 saturated carbocycles. The van der Waals surface area contributed by atoms with Crippen LogP contribution in [0.25, 0.3) is 23.3 Å². The standard InChI is InChI=1S/C19H23N2O.C7H8O3S/c1-5-20-14(3)13-16(15(20)4)11-12-19-21(6-2)17-9-7-8-10-18(17)22-19;1-6-2-4-7(5-3-6)11(8,9)10/h7-13H,5-6H2,1-4H3;2-5H,1H3,(H,8,9,10)/q+1;/p-1. The van der Waals surface area contributed by atoms with Gasteiger partial charge in [-0.1, -0.05) is 29.8 Å². The first kappa shape index (κ1) is 24.5. The number of hydrogen-bond acceptors (Lipinski definition) is 4. The van der Waals surface area contributed by atoms with Crippen LogP contribution in [-0.4, -0.2) is 17.5 Å². The second-order valence-electron chi connectivity index (χ2n) is 7.82. The highest BCUT2D eigenvalue weighted by Crippen LogP contribution is 2.19. The van der Waals surface area contributed by atoms with Gasteiger partial charge < -0.3 is 13.5 Å². The number of rotatable bonds is 5. The van der Waals surface area contributed by atoms with Crippen molar-refractivity contribution in [2.75, 3.05) is 0 Å². The zero-order valence-electron chi connectivity index (χ0n) is 19.7. The third-order valence-electron chi connectivity index (χ3n) is 5.60. The Balaban J connectivity index is 0.000000235. The van der Waals surface area contributed by atoms with E-state index in [1.807, 2.05) is 25.1 Å². The summed E-state index contributed by atoms with van der Waals surface area (Å²) in [5.74, 6) is 0.894. The number of aromatic nitrogens is 2. The topological polar surface area (TPSA) is 79.1 Å². The lowest BCUT2D eigenvalue weighted by atomic mass is 10.2. The molecule has 0 bridgehead atoms. The molecule has 0 fully saturated rings. The van der Waals surface area contributed by atoms with Crippen LogP contribution < -0.4 is 4.57 Å². The summed E-state index contributed by atoms with van der Waals surface area (Å²) in [5.41, 5.74) is 6.86. The molecule has 0 amide bonds. The number of para-hydroxylation sites is 2. The van der Waals surface area contributed by atoms with Crippen LogP contribution in [0.3, 0.4) is 0 Å². The SMILES string of the molecule is CCn1c(C)cc(/C=C/c2oc3ccccc3[n+]2CC)c1C.Cc1ccc(S(=O)(=O)[O-])cc1. The van der Waals surface area contributed by atoms with Crippen molar-refractivity contribution >= 4 is 33.4 Å². The minimum Gasteiger partial charge on any atom is -0.744 e. The summed E-state index contributed by atoms with van der Waals surface area (Å²) >= 11 is 0. The van der Waals surface area contributed by atoms with Gasteiger partial charge in [0.15, 0.2) is 0 Å². The van der Waals surface area contributed by atoms with E-state index in [0.717, 1.165) is 35.6 Å². The molecule has 33 heavy (non-hydrogen) atoms. The van der Waals surface area contributed by atoms with Crippen molar-refractivity contribution in [1.29, 1.82) is 0 Å². The normalized spacial score (nSPS) is 11.7. The molecule has 0 aliphatic carbocycles. The average molecular weight is 467 g/mol. The Labute approximate surface area is 195 Å². The van der Waals surface area contributed by atoms with Crippen LogP contribution in [0.15, 0.2) is 63.9 Å². The summed E-state index contributed by atoms with van der Waals surface area (Å²) < 4.78 is 41.7. The van der Waals surface area contributed by atoms with Gasteiger partial charge in [-0.05, 0) is 70.5 Å². The Kier molecular flexibility index (Phi) is 7.56. The van der Waals surface area contributed by atoms with Crippen LogP contribution in [0, 0.1) is 20.8 Å². The summed E-state index contributed by atoms with van der Waals surface area (Å²) in [6.07, 6.45) is 4.23. The number of benzene rings is 2. The van der Waals surface area contributed by atoms with E-state index in [1.54, 1.807) is 12.1 Å². The molecule has 0 N–H and O–H groups in total. The van der Waals surface area contributed by atoms with Gasteiger partial charge in [0.2, 0.25) is 5.58 Å². The predicted octanol–water partition coefficient (Wildman–Crippen LogP) is 5.25. The molecule has 2 aromatic heterocycles. The molecular formula is C26H30N2O4S. The van der Waals surface area contributed by atoms with Crippen molar-refractivity contribution in [2.24, 2.45) is 0 Å². The second kappa shape index (κ2) is 10.2. The number of aryl methyl sites for hydroxylation is 3. The van der Waals surface area contributed by atoms with Gasteiger partial charge in [0.1, 0.15) is 16.7 Å². The quantitative estimate of drug-likeness (QED) is 0.297. The highest BCUT2D eigenvalue weighted by molar-refractivity contribution is 7.85. The van der Waals surface area contributed by atoms with Crippen molar-refractivity contribution < 1.29 is 22.0 Å². The molecule has 4 aromatic rings. The van der Waals surface area contributed by atoms with Crippen LogP contribution in [0.5, 0.6) is 0 Å². The Morgan fingerprint density at radius 3 is 2.24 bits per heavy atom. The Bertz CT molecular complexity index is 1380. The minimum absolute atomic E-state index is 0.178. The molecule has 6 nitrogen and oxygen atoms in total.